The minimum atomic E-state index is -2.10. The summed E-state index contributed by atoms with van der Waals surface area (Å²) in [4.78, 5) is 38.0. The second kappa shape index (κ2) is 20.6. The summed E-state index contributed by atoms with van der Waals surface area (Å²) in [5.74, 6) is -6.04. The van der Waals surface area contributed by atoms with Crippen molar-refractivity contribution in [3.63, 3.8) is 0 Å². The van der Waals surface area contributed by atoms with Gasteiger partial charge in [-0.25, -0.2) is 0 Å². The van der Waals surface area contributed by atoms with Crippen LogP contribution in [0.3, 0.4) is 0 Å². The van der Waals surface area contributed by atoms with Crippen LogP contribution in [0.5, 0.6) is 0 Å². The number of hydrogen-bond donors (Lipinski definition) is 8. The van der Waals surface area contributed by atoms with Gasteiger partial charge in [-0.05, 0) is 33.1 Å². The molecule has 3 aliphatic heterocycles. The van der Waals surface area contributed by atoms with Gasteiger partial charge in [0.05, 0.1) is 60.6 Å². The van der Waals surface area contributed by atoms with E-state index in [2.05, 4.69) is 0 Å². The molecular weight excluding hydrogens is 680 g/mol. The highest BCUT2D eigenvalue weighted by atomic mass is 16.7. The van der Waals surface area contributed by atoms with E-state index in [9.17, 15) is 45.0 Å². The minimum Gasteiger partial charge on any atom is -0.462 e. The average Bonchev–Trinajstić information content (AvgIpc) is 3.04. The predicted octanol–water partition coefficient (Wildman–Crippen LogP) is 0.323. The zero-order valence-electron chi connectivity index (χ0n) is 30.2. The number of amides is 1. The number of ether oxygens (including phenoxy) is 4. The van der Waals surface area contributed by atoms with Crippen LogP contribution in [0.2, 0.25) is 0 Å². The lowest BCUT2D eigenvalue weighted by Gasteiger charge is -2.45. The van der Waals surface area contributed by atoms with Crippen molar-refractivity contribution in [3.8, 4) is 0 Å². The SMILES string of the molecule is CC[C@@H]1C(=O)O[C@@H](C)C/C=C/C=C/C=C/C=C/[C@H](O[C@@H]2O[C@H](C)[C@@H](O)[C@H](N)[C@@H]2O)CC2O[C@](O)(C[C@@H](O)CCCC(=O)C[C@H]1O)C[C@H](O)[C@H]2C(N)=O. The van der Waals surface area contributed by atoms with Gasteiger partial charge in [-0.1, -0.05) is 55.5 Å². The maximum absolute atomic E-state index is 12.8. The molecule has 294 valence electrons. The monoisotopic (exact) mass is 738 g/mol. The Kier molecular flexibility index (Phi) is 17.2. The molecule has 0 aromatic rings. The van der Waals surface area contributed by atoms with Crippen LogP contribution in [0.15, 0.2) is 48.6 Å². The van der Waals surface area contributed by atoms with Gasteiger partial charge >= 0.3 is 5.97 Å². The summed E-state index contributed by atoms with van der Waals surface area (Å²) in [6.45, 7) is 5.03. The Morgan fingerprint density at radius 3 is 2.33 bits per heavy atom. The topological polar surface area (TPSA) is 262 Å². The zero-order valence-corrected chi connectivity index (χ0v) is 30.2. The van der Waals surface area contributed by atoms with Crippen molar-refractivity contribution in [3.05, 3.63) is 48.6 Å². The van der Waals surface area contributed by atoms with Gasteiger partial charge in [0.1, 0.15) is 18.0 Å². The van der Waals surface area contributed by atoms with Crippen molar-refractivity contribution in [2.24, 2.45) is 23.3 Å². The number of allylic oxidation sites excluding steroid dienone is 6. The first-order valence-electron chi connectivity index (χ1n) is 18.1. The normalized spacial score (nSPS) is 43.5. The molecule has 15 heteroatoms. The van der Waals surface area contributed by atoms with E-state index in [-0.39, 0.29) is 50.7 Å². The third kappa shape index (κ3) is 12.9. The van der Waals surface area contributed by atoms with Crippen molar-refractivity contribution < 1.29 is 64.0 Å². The molecule has 0 aromatic heterocycles. The van der Waals surface area contributed by atoms with Crippen molar-refractivity contribution in [2.45, 2.75) is 152 Å². The molecule has 1 amide bonds. The number of esters is 1. The molecule has 0 aliphatic carbocycles. The Hall–Kier alpha value is -2.83. The van der Waals surface area contributed by atoms with Gasteiger partial charge in [0.2, 0.25) is 5.91 Å². The van der Waals surface area contributed by atoms with Crippen LogP contribution in [0.1, 0.15) is 78.6 Å². The molecule has 1 unspecified atom stereocenters. The molecular formula is C37H58N2O13. The summed E-state index contributed by atoms with van der Waals surface area (Å²) in [5.41, 5.74) is 11.7. The number of carbonyl (C=O) groups excluding carboxylic acids is 3. The number of cyclic esters (lactones) is 1. The Labute approximate surface area is 304 Å². The number of hydrogen-bond acceptors (Lipinski definition) is 14. The van der Waals surface area contributed by atoms with Crippen LogP contribution in [0, 0.1) is 11.8 Å². The maximum Gasteiger partial charge on any atom is 0.311 e. The number of nitrogens with two attached hydrogens (primary N) is 2. The van der Waals surface area contributed by atoms with Crippen LogP contribution >= 0.6 is 0 Å². The quantitative estimate of drug-likeness (QED) is 0.181. The third-order valence-corrected chi connectivity index (χ3v) is 9.71. The van der Waals surface area contributed by atoms with Gasteiger partial charge in [-0.3, -0.25) is 14.4 Å². The predicted molar refractivity (Wildman–Crippen MR) is 188 cm³/mol. The highest BCUT2D eigenvalue weighted by Gasteiger charge is 2.50. The van der Waals surface area contributed by atoms with Crippen molar-refractivity contribution in [1.29, 1.82) is 0 Å². The number of aliphatic hydroxyl groups excluding tert-OH is 5. The molecule has 0 saturated carbocycles. The number of ketones is 1. The molecule has 0 radical (unpaired) electrons. The molecule has 3 rings (SSSR count). The smallest absolute Gasteiger partial charge is 0.311 e. The minimum absolute atomic E-state index is 0.00318. The molecule has 2 bridgehead atoms. The lowest BCUT2D eigenvalue weighted by atomic mass is 9.82. The van der Waals surface area contributed by atoms with Crippen LogP contribution < -0.4 is 11.5 Å². The number of fused-ring (bicyclic) bond motifs is 2. The number of aliphatic hydroxyl groups is 6. The zero-order chi connectivity index (χ0) is 38.6. The lowest BCUT2D eigenvalue weighted by Crippen LogP contribution is -2.61. The standard InChI is InChI=1S/C37H58N2O13/c1-4-26-27(42)17-23(40)14-12-15-24(41)19-37(48)20-28(43)30(34(39)46)29(52-37)18-25(51-36-33(45)31(38)32(44)22(3)50-36)16-11-9-7-5-6-8-10-13-21(2)49-35(26)47/h5-11,16,21-22,24-33,36,41-45,48H,4,12-15,17-20,38H2,1-3H3,(H2,39,46)/b6-5+,9-7+,10-8+,16-11+/t21-,22+,24-,25-,26-,27+,28-,29?,30+,31-,32+,33-,36-,37+/m0/s1. The Morgan fingerprint density at radius 2 is 1.65 bits per heavy atom. The van der Waals surface area contributed by atoms with E-state index >= 15 is 0 Å². The molecule has 3 heterocycles. The molecule has 3 aliphatic rings. The largest absolute Gasteiger partial charge is 0.462 e. The molecule has 2 fully saturated rings. The average molecular weight is 739 g/mol. The fourth-order valence-electron chi connectivity index (χ4n) is 6.77. The first kappa shape index (κ1) is 43.6. The Balaban J connectivity index is 1.88. The van der Waals surface area contributed by atoms with Gasteiger partial charge in [0, 0.05) is 38.5 Å². The van der Waals surface area contributed by atoms with Gasteiger partial charge in [-0.15, -0.1) is 0 Å². The van der Waals surface area contributed by atoms with Crippen LogP contribution in [-0.2, 0) is 33.3 Å². The van der Waals surface area contributed by atoms with Gasteiger partial charge < -0.3 is 61.1 Å². The molecule has 0 spiro atoms. The van der Waals surface area contributed by atoms with E-state index in [0.717, 1.165) is 0 Å². The Bertz CT molecular complexity index is 1290. The first-order chi connectivity index (χ1) is 24.5. The second-order valence-corrected chi connectivity index (χ2v) is 14.1. The summed E-state index contributed by atoms with van der Waals surface area (Å²) in [6.07, 6.45) is 2.24. The molecule has 15 nitrogen and oxygen atoms in total. The van der Waals surface area contributed by atoms with E-state index in [1.54, 1.807) is 63.3 Å². The van der Waals surface area contributed by atoms with E-state index in [4.69, 9.17) is 30.4 Å². The molecule has 14 atom stereocenters. The van der Waals surface area contributed by atoms with Gasteiger partial charge in [-0.2, -0.15) is 0 Å². The summed E-state index contributed by atoms with van der Waals surface area (Å²) in [6, 6.07) is -1.08. The maximum atomic E-state index is 12.8. The number of primary amides is 1. The molecule has 2 saturated heterocycles. The number of Topliss-reactive ketones (excluding diaryl/α,β-unsaturated/α-hetero) is 1. The first-order valence-corrected chi connectivity index (χ1v) is 18.1. The van der Waals surface area contributed by atoms with E-state index in [1.807, 2.05) is 6.08 Å². The highest BCUT2D eigenvalue weighted by Crippen LogP contribution is 2.38. The highest BCUT2D eigenvalue weighted by molar-refractivity contribution is 5.80. The fraction of sp³-hybridized carbons (Fsp3) is 0.703. The molecule has 52 heavy (non-hydrogen) atoms. The summed E-state index contributed by atoms with van der Waals surface area (Å²) in [5, 5.41) is 65.0. The fourth-order valence-corrected chi connectivity index (χ4v) is 6.77. The third-order valence-electron chi connectivity index (χ3n) is 9.71. The second-order valence-electron chi connectivity index (χ2n) is 14.1. The van der Waals surface area contributed by atoms with E-state index < -0.39 is 103 Å². The van der Waals surface area contributed by atoms with E-state index in [1.165, 1.54) is 0 Å². The van der Waals surface area contributed by atoms with Crippen molar-refractivity contribution in [2.75, 3.05) is 0 Å². The molecule has 0 aromatic carbocycles. The van der Waals surface area contributed by atoms with Crippen molar-refractivity contribution in [1.82, 2.24) is 0 Å². The van der Waals surface area contributed by atoms with Crippen molar-refractivity contribution >= 4 is 17.7 Å². The number of carbonyl (C=O) groups is 3. The summed E-state index contributed by atoms with van der Waals surface area (Å²) < 4.78 is 23.3. The van der Waals surface area contributed by atoms with E-state index in [0.29, 0.717) is 6.42 Å². The van der Waals surface area contributed by atoms with Gasteiger partial charge in [0.25, 0.3) is 0 Å². The van der Waals surface area contributed by atoms with Gasteiger partial charge in [0.15, 0.2) is 12.1 Å². The Morgan fingerprint density at radius 1 is 0.981 bits per heavy atom. The molecule has 10 N–H and O–H groups in total. The summed E-state index contributed by atoms with van der Waals surface area (Å²) in [7, 11) is 0. The van der Waals surface area contributed by atoms with Crippen LogP contribution in [0.4, 0.5) is 0 Å². The number of rotatable bonds is 4. The summed E-state index contributed by atoms with van der Waals surface area (Å²) >= 11 is 0. The van der Waals surface area contributed by atoms with Crippen LogP contribution in [0.25, 0.3) is 0 Å². The lowest BCUT2D eigenvalue weighted by molar-refractivity contribution is -0.306. The van der Waals surface area contributed by atoms with Crippen LogP contribution in [-0.4, -0.2) is 121 Å².